The minimum atomic E-state index is -5.43. The molecular formula is C21H26F3NO11. The van der Waals surface area contributed by atoms with E-state index in [0.717, 1.165) is 34.6 Å². The highest BCUT2D eigenvalue weighted by Gasteiger charge is 2.67. The Hall–Kier alpha value is -3.39. The third kappa shape index (κ3) is 6.43. The van der Waals surface area contributed by atoms with Crippen molar-refractivity contribution in [2.24, 2.45) is 0 Å². The highest BCUT2D eigenvalue weighted by Crippen LogP contribution is 2.48. The van der Waals surface area contributed by atoms with E-state index in [4.69, 9.17) is 23.7 Å². The van der Waals surface area contributed by atoms with Crippen molar-refractivity contribution in [1.29, 1.82) is 0 Å². The predicted octanol–water partition coefficient (Wildman–Crippen LogP) is 0.582. The van der Waals surface area contributed by atoms with Gasteiger partial charge in [-0.2, -0.15) is 13.2 Å². The summed E-state index contributed by atoms with van der Waals surface area (Å²) in [6.45, 7) is 3.93. The smallest absolute Gasteiger partial charge is 0.459 e. The first-order valence-electron chi connectivity index (χ1n) is 10.7. The average Bonchev–Trinajstić information content (AvgIpc) is 3.01. The van der Waals surface area contributed by atoms with Crippen LogP contribution in [-0.4, -0.2) is 89.4 Å². The molecule has 2 fully saturated rings. The van der Waals surface area contributed by atoms with E-state index in [1.807, 2.05) is 0 Å². The van der Waals surface area contributed by atoms with Crippen LogP contribution >= 0.6 is 0 Å². The number of hydrogen-bond donors (Lipinski definition) is 0. The van der Waals surface area contributed by atoms with E-state index in [0.29, 0.717) is 0 Å². The van der Waals surface area contributed by atoms with E-state index in [-0.39, 0.29) is 4.90 Å². The number of carbonyl (C=O) groups is 6. The summed E-state index contributed by atoms with van der Waals surface area (Å²) in [6, 6.07) is 0. The normalized spacial score (nSPS) is 29.8. The maximum Gasteiger partial charge on any atom is 0.471 e. The van der Waals surface area contributed by atoms with Crippen LogP contribution in [0.5, 0.6) is 0 Å². The Balaban J connectivity index is 2.76. The van der Waals surface area contributed by atoms with Crippen LogP contribution in [0.4, 0.5) is 13.2 Å². The van der Waals surface area contributed by atoms with Crippen LogP contribution in [0.25, 0.3) is 0 Å². The summed E-state index contributed by atoms with van der Waals surface area (Å²) in [5.41, 5.74) is -2.14. The van der Waals surface area contributed by atoms with Crippen molar-refractivity contribution in [3.63, 3.8) is 0 Å². The van der Waals surface area contributed by atoms with Gasteiger partial charge in [0, 0.05) is 47.5 Å². The van der Waals surface area contributed by atoms with Crippen molar-refractivity contribution in [2.75, 3.05) is 6.54 Å². The third-order valence-corrected chi connectivity index (χ3v) is 5.65. The maximum absolute atomic E-state index is 13.7. The second-order valence-electron chi connectivity index (χ2n) is 8.47. The molecule has 1 amide bonds. The highest BCUT2D eigenvalue weighted by molar-refractivity contribution is 5.83. The number of rotatable bonds is 5. The summed E-state index contributed by atoms with van der Waals surface area (Å²) in [6.07, 6.45) is -14.5. The van der Waals surface area contributed by atoms with Crippen LogP contribution < -0.4 is 0 Å². The Kier molecular flexibility index (Phi) is 8.57. The van der Waals surface area contributed by atoms with Crippen molar-refractivity contribution in [2.45, 2.75) is 89.7 Å². The van der Waals surface area contributed by atoms with E-state index >= 15 is 0 Å². The van der Waals surface area contributed by atoms with Crippen LogP contribution in [0.1, 0.15) is 47.5 Å². The Morgan fingerprint density at radius 1 is 0.667 bits per heavy atom. The maximum atomic E-state index is 13.7. The van der Waals surface area contributed by atoms with Crippen molar-refractivity contribution >= 4 is 35.8 Å². The van der Waals surface area contributed by atoms with Gasteiger partial charge in [0.25, 0.3) is 0 Å². The van der Waals surface area contributed by atoms with Gasteiger partial charge in [0.05, 0.1) is 12.1 Å². The molecule has 0 radical (unpaired) electrons. The number of nitrogens with zero attached hydrogens (tertiary/aromatic N) is 1. The Morgan fingerprint density at radius 3 is 1.42 bits per heavy atom. The molecule has 1 aliphatic heterocycles. The molecule has 1 unspecified atom stereocenters. The predicted molar refractivity (Wildman–Crippen MR) is 108 cm³/mol. The number of ether oxygens (including phenoxy) is 5. The van der Waals surface area contributed by atoms with Gasteiger partial charge < -0.3 is 28.6 Å². The van der Waals surface area contributed by atoms with Gasteiger partial charge in [-0.25, -0.2) is 0 Å². The van der Waals surface area contributed by atoms with Gasteiger partial charge in [0.1, 0.15) is 12.2 Å². The number of carbonyl (C=O) groups excluding carboxylic acids is 6. The lowest BCUT2D eigenvalue weighted by atomic mass is 9.78. The van der Waals surface area contributed by atoms with Gasteiger partial charge in [-0.05, 0) is 0 Å². The molecule has 1 aliphatic carbocycles. The Morgan fingerprint density at radius 2 is 1.06 bits per heavy atom. The van der Waals surface area contributed by atoms with Gasteiger partial charge >= 0.3 is 41.9 Å². The second-order valence-corrected chi connectivity index (χ2v) is 8.47. The lowest BCUT2D eigenvalue weighted by Crippen LogP contribution is -2.73. The van der Waals surface area contributed by atoms with Crippen molar-refractivity contribution in [3.8, 4) is 0 Å². The molecule has 2 aliphatic rings. The van der Waals surface area contributed by atoms with Gasteiger partial charge in [0.2, 0.25) is 0 Å². The van der Waals surface area contributed by atoms with Crippen LogP contribution in [0.3, 0.4) is 0 Å². The summed E-state index contributed by atoms with van der Waals surface area (Å²) < 4.78 is 67.0. The van der Waals surface area contributed by atoms with Crippen LogP contribution in [0, 0.1) is 0 Å². The molecule has 1 saturated heterocycles. The lowest BCUT2D eigenvalue weighted by Gasteiger charge is -2.53. The fourth-order valence-electron chi connectivity index (χ4n) is 4.72. The molecule has 0 aromatic rings. The van der Waals surface area contributed by atoms with Crippen molar-refractivity contribution in [3.05, 3.63) is 0 Å². The van der Waals surface area contributed by atoms with E-state index in [9.17, 15) is 41.9 Å². The zero-order valence-electron chi connectivity index (χ0n) is 20.1. The molecule has 36 heavy (non-hydrogen) atoms. The van der Waals surface area contributed by atoms with Crippen LogP contribution in [-0.2, 0) is 52.5 Å². The molecule has 15 heteroatoms. The monoisotopic (exact) mass is 525 g/mol. The molecule has 12 nitrogen and oxygen atoms in total. The number of halogens is 3. The summed E-state index contributed by atoms with van der Waals surface area (Å²) in [5, 5.41) is 0. The first-order valence-corrected chi connectivity index (χ1v) is 10.7. The zero-order valence-corrected chi connectivity index (χ0v) is 20.1. The highest BCUT2D eigenvalue weighted by atomic mass is 19.4. The van der Waals surface area contributed by atoms with Gasteiger partial charge in [0.15, 0.2) is 18.3 Å². The molecule has 1 saturated carbocycles. The number of piperidine rings is 1. The molecule has 6 atom stereocenters. The molecule has 0 N–H and O–H groups in total. The Bertz CT molecular complexity index is 911. The molecule has 0 aromatic heterocycles. The molecule has 1 heterocycles. The first-order chi connectivity index (χ1) is 16.5. The molecule has 0 bridgehead atoms. The number of likely N-dealkylation sites (tertiary alicyclic amines) is 1. The van der Waals surface area contributed by atoms with Crippen LogP contribution in [0.2, 0.25) is 0 Å². The van der Waals surface area contributed by atoms with E-state index < -0.39 is 97.4 Å². The minimum Gasteiger partial charge on any atom is -0.459 e. The number of amides is 1. The number of hydrogen-bond acceptors (Lipinski definition) is 11. The lowest BCUT2D eigenvalue weighted by molar-refractivity contribution is -0.234. The second kappa shape index (κ2) is 10.7. The summed E-state index contributed by atoms with van der Waals surface area (Å²) in [4.78, 5) is 71.9. The van der Waals surface area contributed by atoms with E-state index in [2.05, 4.69) is 0 Å². The van der Waals surface area contributed by atoms with Crippen molar-refractivity contribution in [1.82, 2.24) is 4.90 Å². The SMILES string of the molecule is CC(=O)O[C@@H]1[C@@H](OC(C)=O)C2(C[C@H](OC(C)=O)[C@H](OC(C)=O)C2)N(C(=O)C(F)(F)F)C[C@H]1OC(C)=O. The topological polar surface area (TPSA) is 152 Å². The summed E-state index contributed by atoms with van der Waals surface area (Å²) in [5.74, 6) is -7.07. The number of esters is 5. The standard InChI is InChI=1S/C21H26F3NO11/c1-9(26)32-14-6-20(7-15(14)33-10(2)27)18(36-13(5)30)17(35-12(4)29)16(34-11(3)28)8-25(20)19(31)21(22,23)24/h14-18H,6-8H2,1-5H3/t14-,15+,16-,17+,18-,20?/m1/s1. The third-order valence-electron chi connectivity index (χ3n) is 5.65. The molecule has 0 aromatic carbocycles. The van der Waals surface area contributed by atoms with E-state index in [1.165, 1.54) is 0 Å². The van der Waals surface area contributed by atoms with Crippen LogP contribution in [0.15, 0.2) is 0 Å². The van der Waals surface area contributed by atoms with Gasteiger partial charge in [-0.15, -0.1) is 0 Å². The molecule has 1 spiro atoms. The largest absolute Gasteiger partial charge is 0.471 e. The molecule has 2 rings (SSSR count). The van der Waals surface area contributed by atoms with Gasteiger partial charge in [-0.1, -0.05) is 0 Å². The summed E-state index contributed by atoms with van der Waals surface area (Å²) >= 11 is 0. The van der Waals surface area contributed by atoms with Gasteiger partial charge in [-0.3, -0.25) is 28.8 Å². The zero-order chi connectivity index (χ0) is 27.6. The minimum absolute atomic E-state index is 0.286. The van der Waals surface area contributed by atoms with Crippen molar-refractivity contribution < 1.29 is 65.6 Å². The quantitative estimate of drug-likeness (QED) is 0.366. The molecular weight excluding hydrogens is 499 g/mol. The Labute approximate surface area is 203 Å². The number of alkyl halides is 3. The molecule has 202 valence electrons. The average molecular weight is 525 g/mol. The van der Waals surface area contributed by atoms with E-state index in [1.54, 1.807) is 0 Å². The first kappa shape index (κ1) is 28.8. The summed E-state index contributed by atoms with van der Waals surface area (Å²) in [7, 11) is 0. The fraction of sp³-hybridized carbons (Fsp3) is 0.714. The fourth-order valence-corrected chi connectivity index (χ4v) is 4.72.